The molecule has 1 aromatic rings. The third-order valence-corrected chi connectivity index (χ3v) is 3.10. The van der Waals surface area contributed by atoms with Crippen LogP contribution in [0.3, 0.4) is 0 Å². The Labute approximate surface area is 125 Å². The number of nitrogens with zero attached hydrogens (tertiary/aromatic N) is 2. The van der Waals surface area contributed by atoms with Crippen molar-refractivity contribution in [2.75, 3.05) is 30.9 Å². The molecular formula is C14H24N4O3. The lowest BCUT2D eigenvalue weighted by atomic mass is 10.1. The van der Waals surface area contributed by atoms with Crippen LogP contribution in [0.25, 0.3) is 0 Å². The summed E-state index contributed by atoms with van der Waals surface area (Å²) >= 11 is 0. The van der Waals surface area contributed by atoms with E-state index in [9.17, 15) is 10.1 Å². The molecule has 0 saturated carbocycles. The lowest BCUT2D eigenvalue weighted by Gasteiger charge is -2.22. The van der Waals surface area contributed by atoms with E-state index in [-0.39, 0.29) is 23.5 Å². The number of hydrogen-bond acceptors (Lipinski definition) is 6. The van der Waals surface area contributed by atoms with Crippen molar-refractivity contribution in [1.82, 2.24) is 4.98 Å². The minimum atomic E-state index is -0.427. The van der Waals surface area contributed by atoms with Gasteiger partial charge in [0.05, 0.1) is 17.6 Å². The second-order valence-corrected chi connectivity index (χ2v) is 5.20. The van der Waals surface area contributed by atoms with Gasteiger partial charge in [-0.25, -0.2) is 4.98 Å². The second kappa shape index (κ2) is 8.41. The first-order valence-corrected chi connectivity index (χ1v) is 7.14. The number of rotatable bonds is 9. The number of methoxy groups -OCH3 is 1. The largest absolute Gasteiger partial charge is 0.383 e. The molecule has 1 atom stereocenters. The number of pyridine rings is 1. The average molecular weight is 296 g/mol. The van der Waals surface area contributed by atoms with Crippen LogP contribution >= 0.6 is 0 Å². The number of hydrogen-bond donors (Lipinski definition) is 2. The van der Waals surface area contributed by atoms with Gasteiger partial charge in [0.2, 0.25) is 5.82 Å². The first-order chi connectivity index (χ1) is 9.99. The molecule has 1 heterocycles. The number of aromatic nitrogens is 1. The van der Waals surface area contributed by atoms with Gasteiger partial charge in [0, 0.05) is 19.7 Å². The maximum Gasteiger partial charge on any atom is 0.311 e. The first kappa shape index (κ1) is 17.2. The predicted molar refractivity (Wildman–Crippen MR) is 83.8 cm³/mol. The fourth-order valence-electron chi connectivity index (χ4n) is 1.81. The van der Waals surface area contributed by atoms with Crippen LogP contribution in [0.15, 0.2) is 12.1 Å². The topological polar surface area (TPSA) is 89.3 Å². The molecular weight excluding hydrogens is 272 g/mol. The molecule has 7 heteroatoms. The summed E-state index contributed by atoms with van der Waals surface area (Å²) < 4.78 is 5.16. The van der Waals surface area contributed by atoms with Crippen molar-refractivity contribution in [1.29, 1.82) is 0 Å². The fraction of sp³-hybridized carbons (Fsp3) is 0.643. The Morgan fingerprint density at radius 3 is 2.67 bits per heavy atom. The van der Waals surface area contributed by atoms with E-state index in [2.05, 4.69) is 15.6 Å². The predicted octanol–water partition coefficient (Wildman–Crippen LogP) is 2.89. The van der Waals surface area contributed by atoms with E-state index in [0.29, 0.717) is 12.4 Å². The Morgan fingerprint density at radius 1 is 1.43 bits per heavy atom. The number of anilines is 2. The van der Waals surface area contributed by atoms with Crippen LogP contribution in [0.1, 0.15) is 27.2 Å². The molecule has 7 nitrogen and oxygen atoms in total. The summed E-state index contributed by atoms with van der Waals surface area (Å²) in [5.41, 5.74) is -0.0289. The lowest BCUT2D eigenvalue weighted by Crippen LogP contribution is -2.31. The summed E-state index contributed by atoms with van der Waals surface area (Å²) in [6.45, 7) is 7.34. The maximum absolute atomic E-state index is 11.1. The second-order valence-electron chi connectivity index (χ2n) is 5.20. The molecule has 0 amide bonds. The molecule has 1 rings (SSSR count). The van der Waals surface area contributed by atoms with E-state index in [1.807, 2.05) is 20.8 Å². The van der Waals surface area contributed by atoms with Crippen LogP contribution in [0, 0.1) is 16.0 Å². The van der Waals surface area contributed by atoms with Gasteiger partial charge in [0.1, 0.15) is 5.82 Å². The molecule has 0 aliphatic rings. The van der Waals surface area contributed by atoms with E-state index >= 15 is 0 Å². The van der Waals surface area contributed by atoms with Crippen LogP contribution in [-0.4, -0.2) is 36.2 Å². The number of nitro groups is 1. The standard InChI is InChI=1S/C14H24N4O3/c1-5-8-15-13-7-6-12(18(19)20)14(17-13)16-11(9-21-4)10(2)3/h6-7,10-11H,5,8-9H2,1-4H3,(H2,15,16,17). The summed E-state index contributed by atoms with van der Waals surface area (Å²) in [5, 5.41) is 17.4. The quantitative estimate of drug-likeness (QED) is 0.538. The molecule has 0 fully saturated rings. The summed E-state index contributed by atoms with van der Waals surface area (Å²) in [7, 11) is 1.61. The Bertz CT molecular complexity index is 466. The van der Waals surface area contributed by atoms with Crippen LogP contribution in [0.4, 0.5) is 17.3 Å². The van der Waals surface area contributed by atoms with Gasteiger partial charge in [-0.3, -0.25) is 10.1 Å². The molecule has 1 unspecified atom stereocenters. The summed E-state index contributed by atoms with van der Waals surface area (Å²) in [6, 6.07) is 3.06. The maximum atomic E-state index is 11.1. The molecule has 118 valence electrons. The molecule has 0 radical (unpaired) electrons. The Balaban J connectivity index is 3.01. The average Bonchev–Trinajstić information content (AvgIpc) is 2.44. The third-order valence-electron chi connectivity index (χ3n) is 3.10. The van der Waals surface area contributed by atoms with Crippen molar-refractivity contribution in [2.24, 2.45) is 5.92 Å². The highest BCUT2D eigenvalue weighted by atomic mass is 16.6. The zero-order valence-corrected chi connectivity index (χ0v) is 13.0. The van der Waals surface area contributed by atoms with Gasteiger partial charge in [0.15, 0.2) is 0 Å². The number of nitrogens with one attached hydrogen (secondary N) is 2. The minimum Gasteiger partial charge on any atom is -0.383 e. The van der Waals surface area contributed by atoms with E-state index < -0.39 is 4.92 Å². The summed E-state index contributed by atoms with van der Waals surface area (Å²) in [4.78, 5) is 15.0. The van der Waals surface area contributed by atoms with Crippen molar-refractivity contribution < 1.29 is 9.66 Å². The van der Waals surface area contributed by atoms with Crippen molar-refractivity contribution in [3.63, 3.8) is 0 Å². The molecule has 0 aliphatic carbocycles. The molecule has 2 N–H and O–H groups in total. The molecule has 0 saturated heterocycles. The minimum absolute atomic E-state index is 0.0289. The fourth-order valence-corrected chi connectivity index (χ4v) is 1.81. The highest BCUT2D eigenvalue weighted by Crippen LogP contribution is 2.25. The highest BCUT2D eigenvalue weighted by molar-refractivity contribution is 5.60. The van der Waals surface area contributed by atoms with Gasteiger partial charge in [-0.1, -0.05) is 20.8 Å². The number of ether oxygens (including phenoxy) is 1. The van der Waals surface area contributed by atoms with E-state index in [4.69, 9.17) is 4.74 Å². The van der Waals surface area contributed by atoms with Crippen LogP contribution in [-0.2, 0) is 4.74 Å². The van der Waals surface area contributed by atoms with E-state index in [1.54, 1.807) is 13.2 Å². The summed E-state index contributed by atoms with van der Waals surface area (Å²) in [6.07, 6.45) is 0.958. The molecule has 0 aliphatic heterocycles. The van der Waals surface area contributed by atoms with Gasteiger partial charge in [-0.2, -0.15) is 0 Å². The highest BCUT2D eigenvalue weighted by Gasteiger charge is 2.21. The van der Waals surface area contributed by atoms with Crippen molar-refractivity contribution >= 4 is 17.3 Å². The monoisotopic (exact) mass is 296 g/mol. The Kier molecular flexibility index (Phi) is 6.87. The van der Waals surface area contributed by atoms with Crippen LogP contribution in [0.2, 0.25) is 0 Å². The molecule has 21 heavy (non-hydrogen) atoms. The van der Waals surface area contributed by atoms with E-state index in [0.717, 1.165) is 13.0 Å². The van der Waals surface area contributed by atoms with Gasteiger partial charge >= 0.3 is 5.69 Å². The molecule has 0 bridgehead atoms. The third kappa shape index (κ3) is 5.18. The van der Waals surface area contributed by atoms with Crippen molar-refractivity contribution in [3.05, 3.63) is 22.2 Å². The molecule has 0 aromatic carbocycles. The molecule has 1 aromatic heterocycles. The Hall–Kier alpha value is -1.89. The lowest BCUT2D eigenvalue weighted by molar-refractivity contribution is -0.384. The first-order valence-electron chi connectivity index (χ1n) is 7.14. The van der Waals surface area contributed by atoms with Gasteiger partial charge < -0.3 is 15.4 Å². The normalized spacial score (nSPS) is 12.2. The SMILES string of the molecule is CCCNc1ccc([N+](=O)[O-])c(NC(COC)C(C)C)n1. The van der Waals surface area contributed by atoms with Gasteiger partial charge in [0.25, 0.3) is 0 Å². The zero-order chi connectivity index (χ0) is 15.8. The van der Waals surface area contributed by atoms with Crippen LogP contribution in [0.5, 0.6) is 0 Å². The van der Waals surface area contributed by atoms with Gasteiger partial charge in [-0.15, -0.1) is 0 Å². The van der Waals surface area contributed by atoms with E-state index in [1.165, 1.54) is 6.07 Å². The zero-order valence-electron chi connectivity index (χ0n) is 13.0. The van der Waals surface area contributed by atoms with Gasteiger partial charge in [-0.05, 0) is 18.4 Å². The van der Waals surface area contributed by atoms with Crippen molar-refractivity contribution in [3.8, 4) is 0 Å². The smallest absolute Gasteiger partial charge is 0.311 e. The Morgan fingerprint density at radius 2 is 2.14 bits per heavy atom. The van der Waals surface area contributed by atoms with Crippen molar-refractivity contribution in [2.45, 2.75) is 33.2 Å². The summed E-state index contributed by atoms with van der Waals surface area (Å²) in [5.74, 6) is 1.17. The molecule has 0 spiro atoms. The van der Waals surface area contributed by atoms with Crippen LogP contribution < -0.4 is 10.6 Å².